The highest BCUT2D eigenvalue weighted by atomic mass is 16.5. The molecule has 3 rings (SSSR count). The Morgan fingerprint density at radius 1 is 1.04 bits per heavy atom. The van der Waals surface area contributed by atoms with Crippen LogP contribution >= 0.6 is 0 Å². The second-order valence-corrected chi connectivity index (χ2v) is 6.35. The van der Waals surface area contributed by atoms with Crippen molar-refractivity contribution in [1.29, 1.82) is 0 Å². The third-order valence-electron chi connectivity index (χ3n) is 4.64. The maximum Gasteiger partial charge on any atom is 0.328 e. The Balaban J connectivity index is 1.81. The number of morpholine rings is 2. The first-order chi connectivity index (χ1) is 13.1. The summed E-state index contributed by atoms with van der Waals surface area (Å²) in [5.74, 6) is -1.59. The molecule has 2 fully saturated rings. The number of urea groups is 1. The molecule has 2 aliphatic heterocycles. The molecule has 1 aromatic carbocycles. The van der Waals surface area contributed by atoms with Crippen molar-refractivity contribution in [3.05, 3.63) is 35.9 Å². The minimum Gasteiger partial charge on any atom is -0.480 e. The van der Waals surface area contributed by atoms with Crippen molar-refractivity contribution in [1.82, 2.24) is 15.1 Å². The fourth-order valence-corrected chi connectivity index (χ4v) is 3.15. The minimum absolute atomic E-state index is 0.0695. The minimum atomic E-state index is -1.13. The smallest absolute Gasteiger partial charge is 0.328 e. The van der Waals surface area contributed by atoms with Crippen LogP contribution in [0.4, 0.5) is 4.79 Å². The summed E-state index contributed by atoms with van der Waals surface area (Å²) in [6, 6.07) is 6.40. The average molecular weight is 377 g/mol. The maximum atomic E-state index is 13.2. The summed E-state index contributed by atoms with van der Waals surface area (Å²) in [7, 11) is 0. The van der Waals surface area contributed by atoms with Gasteiger partial charge >= 0.3 is 12.0 Å². The van der Waals surface area contributed by atoms with Crippen LogP contribution in [0.1, 0.15) is 11.6 Å². The van der Waals surface area contributed by atoms with Gasteiger partial charge in [-0.25, -0.2) is 9.59 Å². The zero-order valence-corrected chi connectivity index (χ0v) is 14.9. The molecule has 9 nitrogen and oxygen atoms in total. The van der Waals surface area contributed by atoms with E-state index in [9.17, 15) is 19.5 Å². The van der Waals surface area contributed by atoms with Gasteiger partial charge in [-0.2, -0.15) is 0 Å². The predicted molar refractivity (Wildman–Crippen MR) is 94.1 cm³/mol. The molecular formula is C18H23N3O6. The number of carboxylic acids is 1. The zero-order valence-electron chi connectivity index (χ0n) is 14.9. The summed E-state index contributed by atoms with van der Waals surface area (Å²) in [4.78, 5) is 40.2. The Morgan fingerprint density at radius 3 is 2.37 bits per heavy atom. The highest BCUT2D eigenvalue weighted by Gasteiger charge is 2.37. The molecule has 0 bridgehead atoms. The SMILES string of the molecule is O=C(O)[C@@H]1COCCN1C(=O)[C@H](NC(=O)N1CCOCC1)c1ccccc1. The number of nitrogens with one attached hydrogen (secondary N) is 1. The number of amides is 3. The van der Waals surface area contributed by atoms with Gasteiger partial charge < -0.3 is 29.7 Å². The summed E-state index contributed by atoms with van der Waals surface area (Å²) in [6.07, 6.45) is 0. The third kappa shape index (κ3) is 4.55. The van der Waals surface area contributed by atoms with Crippen molar-refractivity contribution >= 4 is 17.9 Å². The Morgan fingerprint density at radius 2 is 1.70 bits per heavy atom. The fourth-order valence-electron chi connectivity index (χ4n) is 3.15. The molecule has 0 aliphatic carbocycles. The number of rotatable bonds is 4. The molecule has 0 unspecified atom stereocenters. The average Bonchev–Trinajstić information content (AvgIpc) is 2.72. The molecule has 2 atom stereocenters. The summed E-state index contributed by atoms with van der Waals surface area (Å²) in [6.45, 7) is 2.12. The monoisotopic (exact) mass is 377 g/mol. The lowest BCUT2D eigenvalue weighted by Crippen LogP contribution is -2.57. The molecule has 2 N–H and O–H groups in total. The fraction of sp³-hybridized carbons (Fsp3) is 0.500. The number of hydrogen-bond donors (Lipinski definition) is 2. The molecule has 2 heterocycles. The maximum absolute atomic E-state index is 13.2. The number of aliphatic carboxylic acids is 1. The van der Waals surface area contributed by atoms with Gasteiger partial charge in [0.05, 0.1) is 26.4 Å². The standard InChI is InChI=1S/C18H23N3O6/c22-16(21-8-11-27-12-14(21)17(23)24)15(13-4-2-1-3-5-13)19-18(25)20-6-9-26-10-7-20/h1-5,14-15H,6-12H2,(H,19,25)(H,23,24)/t14-,15+/m0/s1. The van der Waals surface area contributed by atoms with Gasteiger partial charge in [-0.3, -0.25) is 4.79 Å². The second-order valence-electron chi connectivity index (χ2n) is 6.35. The Bertz CT molecular complexity index is 677. The van der Waals surface area contributed by atoms with Crippen LogP contribution in [0.5, 0.6) is 0 Å². The van der Waals surface area contributed by atoms with Crippen molar-refractivity contribution in [3.63, 3.8) is 0 Å². The van der Waals surface area contributed by atoms with E-state index < -0.39 is 24.0 Å². The van der Waals surface area contributed by atoms with Gasteiger partial charge in [0.15, 0.2) is 6.04 Å². The Kier molecular flexibility index (Phi) is 6.25. The quantitative estimate of drug-likeness (QED) is 0.769. The van der Waals surface area contributed by atoms with E-state index in [0.29, 0.717) is 31.9 Å². The number of nitrogens with zero attached hydrogens (tertiary/aromatic N) is 2. The van der Waals surface area contributed by atoms with Crippen LogP contribution < -0.4 is 5.32 Å². The van der Waals surface area contributed by atoms with Crippen LogP contribution in [-0.4, -0.2) is 84.9 Å². The topological polar surface area (TPSA) is 108 Å². The third-order valence-corrected chi connectivity index (χ3v) is 4.64. The first kappa shape index (κ1) is 19.1. The van der Waals surface area contributed by atoms with Gasteiger partial charge in [0, 0.05) is 19.6 Å². The van der Waals surface area contributed by atoms with Crippen molar-refractivity contribution in [3.8, 4) is 0 Å². The van der Waals surface area contributed by atoms with Gasteiger partial charge in [-0.15, -0.1) is 0 Å². The summed E-state index contributed by atoms with van der Waals surface area (Å²) in [5.41, 5.74) is 0.597. The van der Waals surface area contributed by atoms with Crippen molar-refractivity contribution < 1.29 is 29.0 Å². The highest BCUT2D eigenvalue weighted by molar-refractivity contribution is 5.91. The molecule has 0 radical (unpaired) electrons. The van der Waals surface area contributed by atoms with E-state index in [1.807, 2.05) is 6.07 Å². The number of ether oxygens (including phenoxy) is 2. The molecule has 2 aliphatic rings. The summed E-state index contributed by atoms with van der Waals surface area (Å²) < 4.78 is 10.4. The van der Waals surface area contributed by atoms with Crippen LogP contribution in [0.25, 0.3) is 0 Å². The van der Waals surface area contributed by atoms with Gasteiger partial charge in [0.1, 0.15) is 6.04 Å². The van der Waals surface area contributed by atoms with E-state index in [1.165, 1.54) is 4.90 Å². The number of carbonyl (C=O) groups is 3. The molecule has 9 heteroatoms. The molecule has 146 valence electrons. The number of benzene rings is 1. The Labute approximate surface area is 156 Å². The first-order valence-electron chi connectivity index (χ1n) is 8.87. The molecular weight excluding hydrogens is 354 g/mol. The second kappa shape index (κ2) is 8.83. The van der Waals surface area contributed by atoms with Crippen LogP contribution in [-0.2, 0) is 19.1 Å². The zero-order chi connectivity index (χ0) is 19.2. The molecule has 1 aromatic rings. The highest BCUT2D eigenvalue weighted by Crippen LogP contribution is 2.20. The lowest BCUT2D eigenvalue weighted by atomic mass is 10.0. The molecule has 0 spiro atoms. The van der Waals surface area contributed by atoms with Gasteiger partial charge in [0.2, 0.25) is 0 Å². The number of carbonyl (C=O) groups excluding carboxylic acids is 2. The molecule has 0 aromatic heterocycles. The normalized spacial score (nSPS) is 21.4. The summed E-state index contributed by atoms with van der Waals surface area (Å²) >= 11 is 0. The summed E-state index contributed by atoms with van der Waals surface area (Å²) in [5, 5.41) is 12.2. The van der Waals surface area contributed by atoms with E-state index in [0.717, 1.165) is 0 Å². The van der Waals surface area contributed by atoms with Crippen molar-refractivity contribution in [2.75, 3.05) is 46.1 Å². The molecule has 27 heavy (non-hydrogen) atoms. The van der Waals surface area contributed by atoms with Crippen LogP contribution in [0.3, 0.4) is 0 Å². The van der Waals surface area contributed by atoms with Gasteiger partial charge in [-0.1, -0.05) is 30.3 Å². The van der Waals surface area contributed by atoms with E-state index in [2.05, 4.69) is 5.32 Å². The van der Waals surface area contributed by atoms with Gasteiger partial charge in [-0.05, 0) is 5.56 Å². The van der Waals surface area contributed by atoms with E-state index in [4.69, 9.17) is 9.47 Å². The van der Waals surface area contributed by atoms with Crippen molar-refractivity contribution in [2.45, 2.75) is 12.1 Å². The van der Waals surface area contributed by atoms with Crippen LogP contribution in [0, 0.1) is 0 Å². The van der Waals surface area contributed by atoms with Gasteiger partial charge in [0.25, 0.3) is 5.91 Å². The lowest BCUT2D eigenvalue weighted by molar-refractivity contribution is -0.159. The van der Waals surface area contributed by atoms with Crippen LogP contribution in [0.2, 0.25) is 0 Å². The molecule has 2 saturated heterocycles. The Hall–Kier alpha value is -2.65. The van der Waals surface area contributed by atoms with E-state index in [1.54, 1.807) is 29.2 Å². The lowest BCUT2D eigenvalue weighted by Gasteiger charge is -2.36. The number of carboxylic acid groups (broad SMARTS) is 1. The van der Waals surface area contributed by atoms with Crippen molar-refractivity contribution in [2.24, 2.45) is 0 Å². The molecule has 3 amide bonds. The molecule has 0 saturated carbocycles. The largest absolute Gasteiger partial charge is 0.480 e. The number of hydrogen-bond acceptors (Lipinski definition) is 5. The van der Waals surface area contributed by atoms with E-state index >= 15 is 0 Å². The van der Waals surface area contributed by atoms with Crippen LogP contribution in [0.15, 0.2) is 30.3 Å². The van der Waals surface area contributed by atoms with E-state index in [-0.39, 0.29) is 25.8 Å². The first-order valence-corrected chi connectivity index (χ1v) is 8.87. The predicted octanol–water partition coefficient (Wildman–Crippen LogP) is 0.0815.